The molecule has 92 valence electrons. The van der Waals surface area contributed by atoms with E-state index in [0.717, 1.165) is 25.8 Å². The molecule has 0 aliphatic rings. The van der Waals surface area contributed by atoms with Gasteiger partial charge in [0.05, 0.1) is 6.54 Å². The van der Waals surface area contributed by atoms with E-state index in [-0.39, 0.29) is 12.0 Å². The Balaban J connectivity index is 3.46. The molecule has 0 radical (unpaired) electrons. The van der Waals surface area contributed by atoms with Crippen LogP contribution in [-0.4, -0.2) is 38.0 Å². The number of alkyl halides is 2. The molecule has 0 aromatic rings. The van der Waals surface area contributed by atoms with Gasteiger partial charge < -0.3 is 10.6 Å². The number of nitrogens with zero attached hydrogens (tertiary/aromatic N) is 1. The molecule has 0 fully saturated rings. The molecule has 2 nitrogen and oxygen atoms in total. The van der Waals surface area contributed by atoms with E-state index in [2.05, 4.69) is 13.8 Å². The summed E-state index contributed by atoms with van der Waals surface area (Å²) in [4.78, 5) is 1.68. The summed E-state index contributed by atoms with van der Waals surface area (Å²) in [6, 6.07) is 0. The molecule has 2 N–H and O–H groups in total. The van der Waals surface area contributed by atoms with E-state index in [4.69, 9.17) is 5.73 Å². The predicted molar refractivity (Wildman–Crippen MR) is 60.2 cm³/mol. The summed E-state index contributed by atoms with van der Waals surface area (Å²) in [5.41, 5.74) is 5.79. The van der Waals surface area contributed by atoms with Crippen molar-refractivity contribution >= 4 is 0 Å². The van der Waals surface area contributed by atoms with Crippen molar-refractivity contribution in [1.82, 2.24) is 4.90 Å². The molecular formula is C11H24F2N2. The molecule has 0 amide bonds. The van der Waals surface area contributed by atoms with Gasteiger partial charge in [-0.2, -0.15) is 0 Å². The third kappa shape index (κ3) is 8.75. The van der Waals surface area contributed by atoms with Crippen LogP contribution in [0.15, 0.2) is 0 Å². The monoisotopic (exact) mass is 222 g/mol. The molecule has 15 heavy (non-hydrogen) atoms. The number of unbranched alkanes of at least 4 members (excludes halogenated alkanes) is 1. The van der Waals surface area contributed by atoms with Gasteiger partial charge in [-0.15, -0.1) is 0 Å². The molecule has 0 rings (SSSR count). The topological polar surface area (TPSA) is 29.3 Å². The Labute approximate surface area is 91.8 Å². The second kappa shape index (κ2) is 7.12. The molecular weight excluding hydrogens is 198 g/mol. The first kappa shape index (κ1) is 14.8. The van der Waals surface area contributed by atoms with Crippen LogP contribution in [0.2, 0.25) is 0 Å². The number of halogens is 2. The van der Waals surface area contributed by atoms with Crippen LogP contribution in [0.25, 0.3) is 0 Å². The number of nitrogens with two attached hydrogens (primary N) is 1. The van der Waals surface area contributed by atoms with Crippen LogP contribution in [0.3, 0.4) is 0 Å². The first-order valence-electron chi connectivity index (χ1n) is 5.54. The fraction of sp³-hybridized carbons (Fsp3) is 1.00. The maximum atomic E-state index is 12.0. The van der Waals surface area contributed by atoms with Crippen molar-refractivity contribution in [2.24, 2.45) is 11.1 Å². The van der Waals surface area contributed by atoms with E-state index in [1.807, 2.05) is 0 Å². The minimum atomic E-state index is -2.23. The van der Waals surface area contributed by atoms with Gasteiger partial charge in [0.25, 0.3) is 6.43 Å². The van der Waals surface area contributed by atoms with Gasteiger partial charge >= 0.3 is 0 Å². The fourth-order valence-corrected chi connectivity index (χ4v) is 1.41. The smallest absolute Gasteiger partial charge is 0.251 e. The molecule has 0 aromatic carbocycles. The maximum absolute atomic E-state index is 12.0. The van der Waals surface area contributed by atoms with Gasteiger partial charge in [0.2, 0.25) is 0 Å². The molecule has 0 aromatic heterocycles. The quantitative estimate of drug-likeness (QED) is 0.639. The molecule has 4 heteroatoms. The standard InChI is InChI=1S/C11H24F2N2/c1-11(2,9-14)6-4-5-7-15(3)8-10(12)13/h10H,4-9,14H2,1-3H3. The Kier molecular flexibility index (Phi) is 7.02. The van der Waals surface area contributed by atoms with Crippen molar-refractivity contribution in [3.8, 4) is 0 Å². The summed E-state index contributed by atoms with van der Waals surface area (Å²) in [6.07, 6.45) is 0.853. The Hall–Kier alpha value is -0.220. The molecule has 0 unspecified atom stereocenters. The summed E-state index contributed by atoms with van der Waals surface area (Å²) in [5.74, 6) is 0. The lowest BCUT2D eigenvalue weighted by Crippen LogP contribution is -2.26. The SMILES string of the molecule is CN(CCCCC(C)(C)CN)CC(F)F. The van der Waals surface area contributed by atoms with Crippen LogP contribution in [-0.2, 0) is 0 Å². The zero-order valence-corrected chi connectivity index (χ0v) is 10.1. The molecule has 0 aliphatic carbocycles. The van der Waals surface area contributed by atoms with Crippen LogP contribution in [0.1, 0.15) is 33.1 Å². The summed E-state index contributed by atoms with van der Waals surface area (Å²) in [6.45, 7) is 5.57. The highest BCUT2D eigenvalue weighted by Crippen LogP contribution is 2.21. The molecule has 0 aliphatic heterocycles. The van der Waals surface area contributed by atoms with Crippen LogP contribution in [0.5, 0.6) is 0 Å². The summed E-state index contributed by atoms with van der Waals surface area (Å²) in [7, 11) is 1.74. The Morgan fingerprint density at radius 3 is 2.33 bits per heavy atom. The van der Waals surface area contributed by atoms with E-state index in [9.17, 15) is 8.78 Å². The molecule has 0 bridgehead atoms. The van der Waals surface area contributed by atoms with Crippen LogP contribution in [0.4, 0.5) is 8.78 Å². The minimum Gasteiger partial charge on any atom is -0.330 e. The van der Waals surface area contributed by atoms with Gasteiger partial charge in [-0.3, -0.25) is 0 Å². The predicted octanol–water partition coefficient (Wildman–Crippen LogP) is 2.34. The van der Waals surface area contributed by atoms with Crippen molar-refractivity contribution in [2.75, 3.05) is 26.7 Å². The molecule has 0 heterocycles. The third-order valence-corrected chi connectivity index (χ3v) is 2.65. The molecule has 0 spiro atoms. The van der Waals surface area contributed by atoms with Gasteiger partial charge in [-0.25, -0.2) is 8.78 Å². The fourth-order valence-electron chi connectivity index (χ4n) is 1.41. The lowest BCUT2D eigenvalue weighted by atomic mass is 9.87. The molecule has 0 saturated heterocycles. The zero-order valence-electron chi connectivity index (χ0n) is 10.1. The third-order valence-electron chi connectivity index (χ3n) is 2.65. The first-order chi connectivity index (χ1) is 6.87. The van der Waals surface area contributed by atoms with E-state index in [1.165, 1.54) is 0 Å². The van der Waals surface area contributed by atoms with Crippen molar-refractivity contribution in [3.05, 3.63) is 0 Å². The number of hydrogen-bond donors (Lipinski definition) is 1. The normalized spacial score (nSPS) is 12.8. The van der Waals surface area contributed by atoms with E-state index < -0.39 is 6.43 Å². The van der Waals surface area contributed by atoms with Crippen molar-refractivity contribution in [1.29, 1.82) is 0 Å². The lowest BCUT2D eigenvalue weighted by Gasteiger charge is -2.23. The molecule has 0 atom stereocenters. The summed E-state index contributed by atoms with van der Waals surface area (Å²) < 4.78 is 24.0. The summed E-state index contributed by atoms with van der Waals surface area (Å²) in [5, 5.41) is 0. The Morgan fingerprint density at radius 1 is 1.27 bits per heavy atom. The van der Waals surface area contributed by atoms with E-state index in [1.54, 1.807) is 11.9 Å². The van der Waals surface area contributed by atoms with Gasteiger partial charge in [-0.05, 0) is 38.4 Å². The van der Waals surface area contributed by atoms with Crippen LogP contribution >= 0.6 is 0 Å². The highest BCUT2D eigenvalue weighted by atomic mass is 19.3. The van der Waals surface area contributed by atoms with Gasteiger partial charge in [0.1, 0.15) is 0 Å². The average Bonchev–Trinajstić information content (AvgIpc) is 2.11. The number of hydrogen-bond acceptors (Lipinski definition) is 2. The second-order valence-electron chi connectivity index (χ2n) is 4.98. The maximum Gasteiger partial charge on any atom is 0.251 e. The molecule has 0 saturated carbocycles. The Morgan fingerprint density at radius 2 is 1.87 bits per heavy atom. The summed E-state index contributed by atoms with van der Waals surface area (Å²) >= 11 is 0. The van der Waals surface area contributed by atoms with Crippen molar-refractivity contribution in [2.45, 2.75) is 39.5 Å². The van der Waals surface area contributed by atoms with Crippen molar-refractivity contribution < 1.29 is 8.78 Å². The van der Waals surface area contributed by atoms with Crippen molar-refractivity contribution in [3.63, 3.8) is 0 Å². The average molecular weight is 222 g/mol. The van der Waals surface area contributed by atoms with Gasteiger partial charge in [0.15, 0.2) is 0 Å². The number of rotatable bonds is 8. The van der Waals surface area contributed by atoms with Crippen LogP contribution in [0, 0.1) is 5.41 Å². The highest BCUT2D eigenvalue weighted by Gasteiger charge is 2.14. The van der Waals surface area contributed by atoms with E-state index >= 15 is 0 Å². The highest BCUT2D eigenvalue weighted by molar-refractivity contribution is 4.69. The zero-order chi connectivity index (χ0) is 11.9. The Bertz CT molecular complexity index is 161. The lowest BCUT2D eigenvalue weighted by molar-refractivity contribution is 0.0991. The first-order valence-corrected chi connectivity index (χ1v) is 5.54. The minimum absolute atomic E-state index is 0.125. The van der Waals surface area contributed by atoms with Gasteiger partial charge in [0, 0.05) is 0 Å². The van der Waals surface area contributed by atoms with Gasteiger partial charge in [-0.1, -0.05) is 20.3 Å². The van der Waals surface area contributed by atoms with E-state index in [0.29, 0.717) is 6.54 Å². The second-order valence-corrected chi connectivity index (χ2v) is 4.98. The largest absolute Gasteiger partial charge is 0.330 e. The van der Waals surface area contributed by atoms with Crippen LogP contribution < -0.4 is 5.73 Å².